The Morgan fingerprint density at radius 2 is 1.18 bits per heavy atom. The number of hydrogen-bond acceptors (Lipinski definition) is 4. The molecule has 0 saturated carbocycles. The van der Waals surface area contributed by atoms with E-state index in [9.17, 15) is 0 Å². The molecule has 0 bridgehead atoms. The molecular formula is C24H14N4. The molecule has 0 unspecified atom stereocenters. The third-order valence-electron chi connectivity index (χ3n) is 5.20. The van der Waals surface area contributed by atoms with E-state index in [4.69, 9.17) is 4.98 Å². The summed E-state index contributed by atoms with van der Waals surface area (Å²) in [4.78, 5) is 18.3. The Balaban J connectivity index is 1.55. The van der Waals surface area contributed by atoms with Gasteiger partial charge in [0.2, 0.25) is 0 Å². The smallest absolute Gasteiger partial charge is 0.0891 e. The van der Waals surface area contributed by atoms with E-state index in [1.807, 2.05) is 36.7 Å². The van der Waals surface area contributed by atoms with Gasteiger partial charge in [0.05, 0.1) is 34.0 Å². The van der Waals surface area contributed by atoms with Crippen LogP contribution in [0.2, 0.25) is 0 Å². The van der Waals surface area contributed by atoms with E-state index < -0.39 is 0 Å². The molecule has 0 spiro atoms. The van der Waals surface area contributed by atoms with Gasteiger partial charge in [-0.1, -0.05) is 24.3 Å². The van der Waals surface area contributed by atoms with Crippen molar-refractivity contribution in [1.29, 1.82) is 0 Å². The van der Waals surface area contributed by atoms with E-state index in [0.717, 1.165) is 54.9 Å². The summed E-state index contributed by atoms with van der Waals surface area (Å²) < 4.78 is 0. The zero-order chi connectivity index (χ0) is 18.5. The number of rotatable bonds is 1. The third-order valence-corrected chi connectivity index (χ3v) is 5.20. The summed E-state index contributed by atoms with van der Waals surface area (Å²) in [6.07, 6.45) is 5.44. The lowest BCUT2D eigenvalue weighted by Crippen LogP contribution is -1.89. The zero-order valence-corrected chi connectivity index (χ0v) is 14.9. The van der Waals surface area contributed by atoms with E-state index in [0.29, 0.717) is 0 Å². The van der Waals surface area contributed by atoms with Crippen molar-refractivity contribution in [3.05, 3.63) is 85.3 Å². The van der Waals surface area contributed by atoms with Crippen LogP contribution in [0, 0.1) is 0 Å². The van der Waals surface area contributed by atoms with Crippen molar-refractivity contribution in [2.24, 2.45) is 0 Å². The van der Waals surface area contributed by atoms with Crippen LogP contribution in [0.3, 0.4) is 0 Å². The molecule has 6 rings (SSSR count). The number of nitrogens with zero attached hydrogens (tertiary/aromatic N) is 4. The second-order valence-corrected chi connectivity index (χ2v) is 6.83. The van der Waals surface area contributed by atoms with Gasteiger partial charge in [0.25, 0.3) is 0 Å². The molecule has 130 valence electrons. The zero-order valence-electron chi connectivity index (χ0n) is 14.9. The summed E-state index contributed by atoms with van der Waals surface area (Å²) in [7, 11) is 0. The average Bonchev–Trinajstić information content (AvgIpc) is 2.78. The van der Waals surface area contributed by atoms with Gasteiger partial charge >= 0.3 is 0 Å². The molecule has 0 fully saturated rings. The van der Waals surface area contributed by atoms with Gasteiger partial charge in [-0.15, -0.1) is 0 Å². The maximum atomic E-state index is 4.90. The summed E-state index contributed by atoms with van der Waals surface area (Å²) in [6.45, 7) is 0. The molecule has 0 aliphatic rings. The highest BCUT2D eigenvalue weighted by Gasteiger charge is 2.08. The largest absolute Gasteiger partial charge is 0.256 e. The Hall–Kier alpha value is -3.92. The van der Waals surface area contributed by atoms with Gasteiger partial charge in [0.1, 0.15) is 0 Å². The Kier molecular flexibility index (Phi) is 3.14. The Labute approximate surface area is 160 Å². The Morgan fingerprint density at radius 3 is 2.07 bits per heavy atom. The van der Waals surface area contributed by atoms with Gasteiger partial charge in [-0.25, -0.2) is 4.98 Å². The maximum absolute atomic E-state index is 4.90. The second kappa shape index (κ2) is 5.79. The van der Waals surface area contributed by atoms with Crippen LogP contribution in [0.5, 0.6) is 0 Å². The van der Waals surface area contributed by atoms with Crippen LogP contribution in [-0.2, 0) is 0 Å². The minimum atomic E-state index is 0.909. The van der Waals surface area contributed by atoms with Crippen molar-refractivity contribution in [3.8, 4) is 11.3 Å². The molecule has 4 nitrogen and oxygen atoms in total. The van der Waals surface area contributed by atoms with Gasteiger partial charge in [-0.2, -0.15) is 0 Å². The number of benzene rings is 2. The second-order valence-electron chi connectivity index (χ2n) is 6.83. The molecule has 0 saturated heterocycles. The first kappa shape index (κ1) is 15.2. The van der Waals surface area contributed by atoms with Gasteiger partial charge in [0.15, 0.2) is 0 Å². The fourth-order valence-corrected chi connectivity index (χ4v) is 3.83. The van der Waals surface area contributed by atoms with Crippen LogP contribution in [0.15, 0.2) is 85.3 Å². The summed E-state index contributed by atoms with van der Waals surface area (Å²) in [5.41, 5.74) is 5.80. The van der Waals surface area contributed by atoms with Crippen molar-refractivity contribution >= 4 is 43.6 Å². The highest BCUT2D eigenvalue weighted by Crippen LogP contribution is 2.29. The summed E-state index contributed by atoms with van der Waals surface area (Å²) in [5.74, 6) is 0. The summed E-state index contributed by atoms with van der Waals surface area (Å²) >= 11 is 0. The molecule has 0 aliphatic heterocycles. The van der Waals surface area contributed by atoms with Crippen molar-refractivity contribution < 1.29 is 0 Å². The van der Waals surface area contributed by atoms with Gasteiger partial charge in [0, 0.05) is 39.5 Å². The summed E-state index contributed by atoms with van der Waals surface area (Å²) in [5, 5.41) is 4.46. The number of pyridine rings is 4. The number of hydrogen-bond donors (Lipinski definition) is 0. The lowest BCUT2D eigenvalue weighted by Gasteiger charge is -2.08. The first-order valence-corrected chi connectivity index (χ1v) is 9.15. The van der Waals surface area contributed by atoms with Crippen LogP contribution >= 0.6 is 0 Å². The van der Waals surface area contributed by atoms with E-state index in [1.165, 1.54) is 0 Å². The quantitative estimate of drug-likeness (QED) is 0.362. The minimum absolute atomic E-state index is 0.909. The van der Waals surface area contributed by atoms with E-state index in [-0.39, 0.29) is 0 Å². The molecule has 0 atom stereocenters. The normalized spacial score (nSPS) is 11.6. The SMILES string of the molecule is c1cnc2cnc3cc(-c4ccc5c(ccc6ncccc65)n4)ccc3c2c1. The standard InChI is InChI=1S/C24H14N4/c1-3-16-18-7-8-20(28-22(18)10-9-21(16)25-11-1)15-5-6-19-17-4-2-12-26-24(17)14-27-23(19)13-15/h1-14H. The lowest BCUT2D eigenvalue weighted by molar-refractivity contribution is 1.35. The molecule has 0 N–H and O–H groups in total. The first-order valence-electron chi connectivity index (χ1n) is 9.15. The van der Waals surface area contributed by atoms with Crippen molar-refractivity contribution in [3.63, 3.8) is 0 Å². The van der Waals surface area contributed by atoms with Crippen LogP contribution < -0.4 is 0 Å². The van der Waals surface area contributed by atoms with Crippen molar-refractivity contribution in [2.75, 3.05) is 0 Å². The highest BCUT2D eigenvalue weighted by atomic mass is 14.7. The molecule has 4 heterocycles. The Bertz CT molecular complexity index is 1400. The monoisotopic (exact) mass is 358 g/mol. The molecule has 28 heavy (non-hydrogen) atoms. The molecule has 0 amide bonds. The number of aromatic nitrogens is 4. The van der Waals surface area contributed by atoms with Crippen LogP contribution in [0.1, 0.15) is 0 Å². The summed E-state index contributed by atoms with van der Waals surface area (Å²) in [6, 6.07) is 22.7. The minimum Gasteiger partial charge on any atom is -0.256 e. The average molecular weight is 358 g/mol. The van der Waals surface area contributed by atoms with Gasteiger partial charge in [-0.3, -0.25) is 15.0 Å². The first-order chi connectivity index (χ1) is 13.9. The molecule has 0 radical (unpaired) electrons. The van der Waals surface area contributed by atoms with Gasteiger partial charge < -0.3 is 0 Å². The number of fused-ring (bicyclic) bond motifs is 6. The van der Waals surface area contributed by atoms with E-state index >= 15 is 0 Å². The molecule has 4 heteroatoms. The van der Waals surface area contributed by atoms with Gasteiger partial charge in [-0.05, 0) is 42.5 Å². The van der Waals surface area contributed by atoms with E-state index in [2.05, 4.69) is 57.4 Å². The molecular weight excluding hydrogens is 344 g/mol. The molecule has 4 aromatic heterocycles. The molecule has 6 aromatic rings. The topological polar surface area (TPSA) is 51.6 Å². The predicted octanol–water partition coefficient (Wildman–Crippen LogP) is 5.55. The Morgan fingerprint density at radius 1 is 0.500 bits per heavy atom. The van der Waals surface area contributed by atoms with Crippen LogP contribution in [-0.4, -0.2) is 19.9 Å². The molecule has 2 aromatic carbocycles. The van der Waals surface area contributed by atoms with Crippen molar-refractivity contribution in [1.82, 2.24) is 19.9 Å². The van der Waals surface area contributed by atoms with Crippen LogP contribution in [0.25, 0.3) is 54.9 Å². The predicted molar refractivity (Wildman–Crippen MR) is 113 cm³/mol. The van der Waals surface area contributed by atoms with Crippen LogP contribution in [0.4, 0.5) is 0 Å². The fraction of sp³-hybridized carbons (Fsp3) is 0. The highest BCUT2D eigenvalue weighted by molar-refractivity contribution is 6.06. The maximum Gasteiger partial charge on any atom is 0.0891 e. The molecule has 0 aliphatic carbocycles. The fourth-order valence-electron chi connectivity index (χ4n) is 3.83. The van der Waals surface area contributed by atoms with Crippen molar-refractivity contribution in [2.45, 2.75) is 0 Å². The third kappa shape index (κ3) is 2.25. The van der Waals surface area contributed by atoms with E-state index in [1.54, 1.807) is 6.20 Å². The lowest BCUT2D eigenvalue weighted by atomic mass is 10.0.